The van der Waals surface area contributed by atoms with Crippen LogP contribution in [0.1, 0.15) is 33.3 Å². The van der Waals surface area contributed by atoms with Gasteiger partial charge in [0.25, 0.3) is 4.92 Å². The third-order valence-corrected chi connectivity index (χ3v) is 3.98. The third kappa shape index (κ3) is 5.06. The molecule has 0 aliphatic heterocycles. The summed E-state index contributed by atoms with van der Waals surface area (Å²) in [5.41, 5.74) is 0.689. The van der Waals surface area contributed by atoms with E-state index in [0.29, 0.717) is 16.2 Å². The SMILES string of the molecule is C/C=C/CN(C(=O)OC(C)(C)C)c1ccc(Br)c(C)c1[N+](=O)OC. The molecule has 0 aliphatic carbocycles. The molecule has 1 amide bonds. The Hall–Kier alpha value is -1.89. The topological polar surface area (TPSA) is 58.9 Å². The fourth-order valence-corrected chi connectivity index (χ4v) is 2.32. The zero-order valence-corrected chi connectivity index (χ0v) is 16.5. The first kappa shape index (κ1) is 20.2. The lowest BCUT2D eigenvalue weighted by molar-refractivity contribution is -0.736. The lowest BCUT2D eigenvalue weighted by atomic mass is 10.1. The Morgan fingerprint density at radius 3 is 2.50 bits per heavy atom. The molecule has 0 aliphatic rings. The number of anilines is 1. The molecule has 0 spiro atoms. The van der Waals surface area contributed by atoms with E-state index in [9.17, 15) is 9.70 Å². The van der Waals surface area contributed by atoms with Crippen molar-refractivity contribution in [2.75, 3.05) is 18.6 Å². The minimum atomic E-state index is -0.645. The van der Waals surface area contributed by atoms with Gasteiger partial charge >= 0.3 is 11.8 Å². The number of allylic oxidation sites excluding steroid dienone is 1. The molecule has 0 fully saturated rings. The quantitative estimate of drug-likeness (QED) is 0.513. The van der Waals surface area contributed by atoms with Crippen LogP contribution in [-0.2, 0) is 9.57 Å². The van der Waals surface area contributed by atoms with Gasteiger partial charge in [0.1, 0.15) is 11.3 Å². The van der Waals surface area contributed by atoms with E-state index in [1.54, 1.807) is 39.8 Å². The molecule has 0 saturated heterocycles. The van der Waals surface area contributed by atoms with E-state index in [2.05, 4.69) is 15.9 Å². The molecule has 0 N–H and O–H groups in total. The van der Waals surface area contributed by atoms with Gasteiger partial charge in [-0.15, -0.1) is 0 Å². The lowest BCUT2D eigenvalue weighted by Crippen LogP contribution is -2.37. The van der Waals surface area contributed by atoms with E-state index in [-0.39, 0.29) is 12.2 Å². The Labute approximate surface area is 151 Å². The summed E-state index contributed by atoms with van der Waals surface area (Å²) >= 11 is 3.40. The fourth-order valence-electron chi connectivity index (χ4n) is 2.00. The Morgan fingerprint density at radius 1 is 1.38 bits per heavy atom. The van der Waals surface area contributed by atoms with Crippen molar-refractivity contribution < 1.29 is 19.3 Å². The van der Waals surface area contributed by atoms with Gasteiger partial charge in [-0.2, -0.15) is 0 Å². The van der Waals surface area contributed by atoms with Crippen LogP contribution >= 0.6 is 15.9 Å². The Bertz CT molecular complexity index is 651. The van der Waals surface area contributed by atoms with Crippen LogP contribution in [0.15, 0.2) is 28.8 Å². The fraction of sp³-hybridized carbons (Fsp3) is 0.471. The van der Waals surface area contributed by atoms with E-state index >= 15 is 0 Å². The highest BCUT2D eigenvalue weighted by atomic mass is 79.9. The second-order valence-electron chi connectivity index (χ2n) is 6.14. The molecule has 1 rings (SSSR count). The molecule has 0 aromatic heterocycles. The van der Waals surface area contributed by atoms with Gasteiger partial charge in [-0.25, -0.2) is 9.63 Å². The minimum absolute atomic E-state index is 0.252. The first-order valence-corrected chi connectivity index (χ1v) is 8.33. The molecule has 0 unspecified atom stereocenters. The Balaban J connectivity index is 3.45. The van der Waals surface area contributed by atoms with Crippen molar-refractivity contribution in [1.82, 2.24) is 0 Å². The van der Waals surface area contributed by atoms with Gasteiger partial charge in [0.2, 0.25) is 0 Å². The van der Waals surface area contributed by atoms with Crippen molar-refractivity contribution in [3.8, 4) is 0 Å². The summed E-state index contributed by atoms with van der Waals surface area (Å²) in [6.45, 7) is 9.29. The van der Waals surface area contributed by atoms with Crippen LogP contribution in [0.25, 0.3) is 0 Å². The van der Waals surface area contributed by atoms with Gasteiger partial charge in [0.15, 0.2) is 7.11 Å². The maximum absolute atomic E-state index is 12.6. The number of hydrogen-bond donors (Lipinski definition) is 0. The lowest BCUT2D eigenvalue weighted by Gasteiger charge is -2.26. The number of amides is 1. The van der Waals surface area contributed by atoms with Crippen LogP contribution in [0.2, 0.25) is 0 Å². The van der Waals surface area contributed by atoms with E-state index in [1.165, 1.54) is 12.0 Å². The van der Waals surface area contributed by atoms with Crippen molar-refractivity contribution in [3.63, 3.8) is 0 Å². The number of hydrogen-bond acceptors (Lipinski definition) is 4. The average molecular weight is 400 g/mol. The highest BCUT2D eigenvalue weighted by Crippen LogP contribution is 2.36. The zero-order chi connectivity index (χ0) is 18.5. The number of halogens is 1. The Morgan fingerprint density at radius 2 is 2.00 bits per heavy atom. The minimum Gasteiger partial charge on any atom is -0.443 e. The standard InChI is InChI=1S/C17H24BrN2O4/c1-7-8-11-19(16(21)24-17(3,4)5)14-10-9-13(18)12(2)15(14)20(22)23-6/h7-10H,11H2,1-6H3/q+1/b8-7+. The molecule has 132 valence electrons. The van der Waals surface area contributed by atoms with Gasteiger partial charge < -0.3 is 4.74 Å². The molecule has 7 heteroatoms. The van der Waals surface area contributed by atoms with Crippen molar-refractivity contribution in [3.05, 3.63) is 39.2 Å². The molecule has 1 aromatic rings. The molecule has 1 aromatic carbocycles. The number of ether oxygens (including phenoxy) is 1. The summed E-state index contributed by atoms with van der Waals surface area (Å²) in [4.78, 5) is 31.4. The molecule has 0 bridgehead atoms. The monoisotopic (exact) mass is 399 g/mol. The average Bonchev–Trinajstić information content (AvgIpc) is 2.48. The maximum Gasteiger partial charge on any atom is 0.415 e. The molecular formula is C17H24BrN2O4+. The van der Waals surface area contributed by atoms with Crippen molar-refractivity contribution in [1.29, 1.82) is 0 Å². The van der Waals surface area contributed by atoms with E-state index in [1.807, 2.05) is 19.1 Å². The van der Waals surface area contributed by atoms with Crippen molar-refractivity contribution in [2.24, 2.45) is 0 Å². The van der Waals surface area contributed by atoms with Gasteiger partial charge in [-0.1, -0.05) is 28.1 Å². The number of carbonyl (C=O) groups excluding carboxylic acids is 1. The highest BCUT2D eigenvalue weighted by Gasteiger charge is 2.33. The first-order valence-electron chi connectivity index (χ1n) is 7.54. The Kier molecular flexibility index (Phi) is 6.95. The second-order valence-corrected chi connectivity index (χ2v) is 6.99. The van der Waals surface area contributed by atoms with E-state index in [0.717, 1.165) is 4.47 Å². The predicted molar refractivity (Wildman–Crippen MR) is 97.6 cm³/mol. The largest absolute Gasteiger partial charge is 0.443 e. The van der Waals surface area contributed by atoms with Crippen LogP contribution in [0.5, 0.6) is 0 Å². The maximum atomic E-state index is 12.6. The van der Waals surface area contributed by atoms with Crippen molar-refractivity contribution in [2.45, 2.75) is 40.2 Å². The summed E-state index contributed by atoms with van der Waals surface area (Å²) in [5, 5.41) is 0. The van der Waals surface area contributed by atoms with Crippen LogP contribution in [0.3, 0.4) is 0 Å². The van der Waals surface area contributed by atoms with Crippen LogP contribution in [0, 0.1) is 11.8 Å². The van der Waals surface area contributed by atoms with E-state index < -0.39 is 11.7 Å². The molecular weight excluding hydrogens is 376 g/mol. The van der Waals surface area contributed by atoms with Gasteiger partial charge in [-0.3, -0.25) is 4.90 Å². The van der Waals surface area contributed by atoms with Crippen LogP contribution < -0.4 is 4.90 Å². The van der Waals surface area contributed by atoms with Crippen LogP contribution in [-0.4, -0.2) is 30.3 Å². The summed E-state index contributed by atoms with van der Waals surface area (Å²) in [7, 11) is 1.28. The van der Waals surface area contributed by atoms with Gasteiger partial charge in [0.05, 0.1) is 4.91 Å². The normalized spacial score (nSPS) is 11.5. The number of benzene rings is 1. The second kappa shape index (κ2) is 8.28. The van der Waals surface area contributed by atoms with Crippen molar-refractivity contribution >= 4 is 33.4 Å². The zero-order valence-electron chi connectivity index (χ0n) is 14.9. The molecule has 0 atom stereocenters. The molecule has 24 heavy (non-hydrogen) atoms. The number of nitrogens with zero attached hydrogens (tertiary/aromatic N) is 2. The molecule has 6 nitrogen and oxygen atoms in total. The summed E-state index contributed by atoms with van der Waals surface area (Å²) in [5.74, 6) is 0. The highest BCUT2D eigenvalue weighted by molar-refractivity contribution is 9.10. The predicted octanol–water partition coefficient (Wildman–Crippen LogP) is 5.05. The van der Waals surface area contributed by atoms with Gasteiger partial charge in [0, 0.05) is 16.6 Å². The van der Waals surface area contributed by atoms with E-state index in [4.69, 9.17) is 9.57 Å². The summed E-state index contributed by atoms with van der Waals surface area (Å²) < 4.78 is 6.21. The molecule has 0 saturated carbocycles. The number of carbonyl (C=O) groups is 1. The van der Waals surface area contributed by atoms with Gasteiger partial charge in [-0.05, 0) is 46.8 Å². The molecule has 0 heterocycles. The summed E-state index contributed by atoms with van der Waals surface area (Å²) in [6.07, 6.45) is 3.11. The van der Waals surface area contributed by atoms with Crippen LogP contribution in [0.4, 0.5) is 16.2 Å². The first-order chi connectivity index (χ1) is 11.1. The smallest absolute Gasteiger partial charge is 0.415 e. The number of rotatable bonds is 5. The molecule has 0 radical (unpaired) electrons. The summed E-state index contributed by atoms with van der Waals surface area (Å²) in [6, 6.07) is 3.47. The third-order valence-electron chi connectivity index (χ3n) is 3.12.